The summed E-state index contributed by atoms with van der Waals surface area (Å²) in [5, 5.41) is 1.00. The van der Waals surface area contributed by atoms with Gasteiger partial charge >= 0.3 is 0 Å². The molecule has 2 aromatic heterocycles. The predicted molar refractivity (Wildman–Crippen MR) is 80.7 cm³/mol. The standard InChI is InChI=1S/C12H11IN2O2S/c1-17-12-11-10(8(6-16)5-15(11)18-13)9(4-14-12)7-2-3-7/h4-7H,2-3H2,1H3. The minimum atomic E-state index is 0.555. The van der Waals surface area contributed by atoms with E-state index in [0.717, 1.165) is 22.8 Å². The van der Waals surface area contributed by atoms with Gasteiger partial charge in [-0.15, -0.1) is 0 Å². The van der Waals surface area contributed by atoms with E-state index in [2.05, 4.69) is 26.2 Å². The number of aromatic nitrogens is 2. The Hall–Kier alpha value is -0.760. The molecule has 0 saturated heterocycles. The van der Waals surface area contributed by atoms with Crippen molar-refractivity contribution in [3.8, 4) is 5.88 Å². The molecule has 18 heavy (non-hydrogen) atoms. The summed E-state index contributed by atoms with van der Waals surface area (Å²) in [6.45, 7) is 0. The second-order valence-electron chi connectivity index (χ2n) is 4.32. The first-order chi connectivity index (χ1) is 8.80. The molecule has 0 bridgehead atoms. The van der Waals surface area contributed by atoms with Gasteiger partial charge < -0.3 is 4.74 Å². The summed E-state index contributed by atoms with van der Waals surface area (Å²) < 4.78 is 7.26. The van der Waals surface area contributed by atoms with Crippen molar-refractivity contribution in [1.82, 2.24) is 8.96 Å². The number of pyridine rings is 1. The quantitative estimate of drug-likeness (QED) is 0.606. The van der Waals surface area contributed by atoms with Crippen molar-refractivity contribution in [2.75, 3.05) is 7.11 Å². The van der Waals surface area contributed by atoms with E-state index in [9.17, 15) is 4.79 Å². The summed E-state index contributed by atoms with van der Waals surface area (Å²) in [6.07, 6.45) is 6.99. The van der Waals surface area contributed by atoms with Crippen LogP contribution in [0.5, 0.6) is 5.88 Å². The number of ether oxygens (including phenoxy) is 1. The van der Waals surface area contributed by atoms with E-state index in [1.807, 2.05) is 16.4 Å². The molecule has 0 spiro atoms. The number of carbonyl (C=O) groups excluding carboxylic acids is 1. The monoisotopic (exact) mass is 374 g/mol. The van der Waals surface area contributed by atoms with Gasteiger partial charge in [0.25, 0.3) is 0 Å². The Labute approximate surface area is 121 Å². The van der Waals surface area contributed by atoms with Gasteiger partial charge in [0, 0.05) is 53.7 Å². The molecule has 2 heterocycles. The minimum Gasteiger partial charge on any atom is -0.479 e. The van der Waals surface area contributed by atoms with Crippen LogP contribution in [-0.2, 0) is 0 Å². The van der Waals surface area contributed by atoms with Crippen molar-refractivity contribution in [3.05, 3.63) is 23.5 Å². The maximum absolute atomic E-state index is 11.3. The van der Waals surface area contributed by atoms with Gasteiger partial charge in [-0.05, 0) is 24.3 Å². The highest BCUT2D eigenvalue weighted by Gasteiger charge is 2.29. The number of rotatable bonds is 4. The van der Waals surface area contributed by atoms with E-state index < -0.39 is 0 Å². The Balaban J connectivity index is 2.38. The van der Waals surface area contributed by atoms with Gasteiger partial charge in [-0.25, -0.2) is 4.98 Å². The van der Waals surface area contributed by atoms with Crippen LogP contribution in [0.15, 0.2) is 12.4 Å². The summed E-state index contributed by atoms with van der Waals surface area (Å²) in [6, 6.07) is 0. The molecular weight excluding hydrogens is 363 g/mol. The highest BCUT2D eigenvalue weighted by atomic mass is 127. The lowest BCUT2D eigenvalue weighted by molar-refractivity contribution is 0.112. The molecule has 1 saturated carbocycles. The highest BCUT2D eigenvalue weighted by molar-refractivity contribution is 14.2. The summed E-state index contributed by atoms with van der Waals surface area (Å²) in [5.74, 6) is 1.13. The smallest absolute Gasteiger partial charge is 0.239 e. The molecule has 2 aromatic rings. The van der Waals surface area contributed by atoms with Crippen LogP contribution in [0.4, 0.5) is 0 Å². The van der Waals surface area contributed by atoms with E-state index in [4.69, 9.17) is 4.74 Å². The van der Waals surface area contributed by atoms with Crippen molar-refractivity contribution >= 4 is 47.5 Å². The van der Waals surface area contributed by atoms with E-state index in [0.29, 0.717) is 11.8 Å². The maximum Gasteiger partial charge on any atom is 0.239 e. The molecule has 3 rings (SSSR count). The molecule has 0 radical (unpaired) electrons. The Kier molecular flexibility index (Phi) is 3.23. The van der Waals surface area contributed by atoms with Crippen molar-refractivity contribution in [3.63, 3.8) is 0 Å². The van der Waals surface area contributed by atoms with Crippen LogP contribution in [0.2, 0.25) is 0 Å². The molecule has 0 aromatic carbocycles. The third-order valence-electron chi connectivity index (χ3n) is 3.23. The summed E-state index contributed by atoms with van der Waals surface area (Å²) in [7, 11) is 3.12. The lowest BCUT2D eigenvalue weighted by Crippen LogP contribution is -1.94. The molecule has 94 valence electrons. The topological polar surface area (TPSA) is 44.1 Å². The second kappa shape index (κ2) is 4.73. The van der Waals surface area contributed by atoms with Gasteiger partial charge in [-0.1, -0.05) is 0 Å². The predicted octanol–water partition coefficient (Wildman–Crippen LogP) is 3.58. The lowest BCUT2D eigenvalue weighted by Gasteiger charge is -2.07. The van der Waals surface area contributed by atoms with Gasteiger partial charge in [0.05, 0.1) is 7.11 Å². The highest BCUT2D eigenvalue weighted by Crippen LogP contribution is 2.46. The number of fused-ring (bicyclic) bond motifs is 1. The number of hydrogen-bond donors (Lipinski definition) is 0. The van der Waals surface area contributed by atoms with Crippen LogP contribution in [0.1, 0.15) is 34.7 Å². The van der Waals surface area contributed by atoms with Crippen LogP contribution < -0.4 is 4.74 Å². The fourth-order valence-electron chi connectivity index (χ4n) is 2.26. The third kappa shape index (κ3) is 1.82. The summed E-state index contributed by atoms with van der Waals surface area (Å²) in [4.78, 5) is 15.6. The molecule has 0 amide bonds. The average molecular weight is 374 g/mol. The molecule has 0 atom stereocenters. The Morgan fingerprint density at radius 3 is 2.94 bits per heavy atom. The SMILES string of the molecule is COc1ncc(C2CC2)c2c(C=O)cn(SI)c12. The molecule has 4 nitrogen and oxygen atoms in total. The van der Waals surface area contributed by atoms with E-state index in [-0.39, 0.29) is 0 Å². The largest absolute Gasteiger partial charge is 0.479 e. The molecule has 6 heteroatoms. The number of methoxy groups -OCH3 is 1. The van der Waals surface area contributed by atoms with Crippen LogP contribution in [0.25, 0.3) is 10.9 Å². The number of hydrogen-bond acceptors (Lipinski definition) is 4. The van der Waals surface area contributed by atoms with Crippen molar-refractivity contribution in [2.24, 2.45) is 0 Å². The molecule has 0 N–H and O–H groups in total. The molecule has 0 aliphatic heterocycles. The van der Waals surface area contributed by atoms with E-state index >= 15 is 0 Å². The summed E-state index contributed by atoms with van der Waals surface area (Å²) >= 11 is 2.19. The molecule has 1 fully saturated rings. The average Bonchev–Trinajstić information content (AvgIpc) is 3.18. The second-order valence-corrected chi connectivity index (χ2v) is 6.03. The minimum absolute atomic E-state index is 0.555. The normalized spacial score (nSPS) is 15.0. The van der Waals surface area contributed by atoms with Gasteiger partial charge in [0.1, 0.15) is 5.52 Å². The fourth-order valence-corrected chi connectivity index (χ4v) is 3.58. The maximum atomic E-state index is 11.3. The number of halogens is 1. The van der Waals surface area contributed by atoms with Gasteiger partial charge in [-0.3, -0.25) is 8.77 Å². The lowest BCUT2D eigenvalue weighted by atomic mass is 10.1. The van der Waals surface area contributed by atoms with Crippen LogP contribution in [-0.4, -0.2) is 22.4 Å². The van der Waals surface area contributed by atoms with Crippen molar-refractivity contribution < 1.29 is 9.53 Å². The van der Waals surface area contributed by atoms with Crippen LogP contribution >= 0.6 is 30.3 Å². The first kappa shape index (κ1) is 12.3. The van der Waals surface area contributed by atoms with Crippen molar-refractivity contribution in [1.29, 1.82) is 0 Å². The van der Waals surface area contributed by atoms with Gasteiger partial charge in [0.2, 0.25) is 5.88 Å². The Morgan fingerprint density at radius 2 is 2.39 bits per heavy atom. The van der Waals surface area contributed by atoms with E-state index in [1.165, 1.54) is 27.5 Å². The first-order valence-electron chi connectivity index (χ1n) is 5.62. The Morgan fingerprint density at radius 1 is 1.61 bits per heavy atom. The molecular formula is C12H11IN2O2S. The fraction of sp³-hybridized carbons (Fsp3) is 0.333. The summed E-state index contributed by atoms with van der Waals surface area (Å²) in [5.41, 5.74) is 2.80. The number of carbonyl (C=O) groups is 1. The van der Waals surface area contributed by atoms with Gasteiger partial charge in [-0.2, -0.15) is 0 Å². The zero-order valence-corrected chi connectivity index (χ0v) is 12.7. The number of nitrogens with zero attached hydrogens (tertiary/aromatic N) is 2. The van der Waals surface area contributed by atoms with Gasteiger partial charge in [0.15, 0.2) is 6.29 Å². The van der Waals surface area contributed by atoms with E-state index in [1.54, 1.807) is 7.11 Å². The third-order valence-corrected chi connectivity index (χ3v) is 4.94. The molecule has 0 unspecified atom stereocenters. The van der Waals surface area contributed by atoms with Crippen LogP contribution in [0.3, 0.4) is 0 Å². The molecule has 1 aliphatic carbocycles. The first-order valence-corrected chi connectivity index (χ1v) is 8.94. The zero-order chi connectivity index (χ0) is 12.7. The number of aldehydes is 1. The van der Waals surface area contributed by atoms with Crippen LogP contribution in [0, 0.1) is 0 Å². The Bertz CT molecular complexity index is 622. The van der Waals surface area contributed by atoms with Crippen molar-refractivity contribution in [2.45, 2.75) is 18.8 Å². The zero-order valence-electron chi connectivity index (χ0n) is 9.72. The molecule has 1 aliphatic rings.